The second kappa shape index (κ2) is 8.08. The Morgan fingerprint density at radius 1 is 1.12 bits per heavy atom. The summed E-state index contributed by atoms with van der Waals surface area (Å²) in [5, 5.41) is 16.1. The van der Waals surface area contributed by atoms with Gasteiger partial charge >= 0.3 is 0 Å². The van der Waals surface area contributed by atoms with E-state index in [1.807, 2.05) is 36.4 Å². The third-order valence-corrected chi connectivity index (χ3v) is 4.05. The molecule has 0 bridgehead atoms. The van der Waals surface area contributed by atoms with Gasteiger partial charge in [0, 0.05) is 10.6 Å². The molecule has 0 spiro atoms. The van der Waals surface area contributed by atoms with E-state index in [0.29, 0.717) is 16.3 Å². The Hall–Kier alpha value is -2.76. The fraction of sp³-hybridized carbons (Fsp3) is 0.0526. The molecule has 132 valence electrons. The zero-order valence-electron chi connectivity index (χ0n) is 13.4. The quantitative estimate of drug-likeness (QED) is 0.503. The van der Waals surface area contributed by atoms with Crippen LogP contribution in [-0.4, -0.2) is 23.8 Å². The first-order chi connectivity index (χ1) is 12.5. The van der Waals surface area contributed by atoms with Gasteiger partial charge in [-0.15, -0.1) is 0 Å². The lowest BCUT2D eigenvalue weighted by Crippen LogP contribution is -2.24. The van der Waals surface area contributed by atoms with Gasteiger partial charge in [0.2, 0.25) is 0 Å². The third-order valence-electron chi connectivity index (χ3n) is 3.54. The van der Waals surface area contributed by atoms with E-state index in [2.05, 4.69) is 10.5 Å². The van der Waals surface area contributed by atoms with E-state index < -0.39 is 5.91 Å². The summed E-state index contributed by atoms with van der Waals surface area (Å²) >= 11 is 11.7. The van der Waals surface area contributed by atoms with E-state index in [9.17, 15) is 9.90 Å². The summed E-state index contributed by atoms with van der Waals surface area (Å²) in [6.45, 7) is -0.196. The molecule has 1 amide bonds. The van der Waals surface area contributed by atoms with Crippen molar-refractivity contribution in [3.05, 3.63) is 70.2 Å². The molecule has 0 saturated heterocycles. The topological polar surface area (TPSA) is 70.9 Å². The van der Waals surface area contributed by atoms with Gasteiger partial charge in [0.1, 0.15) is 11.5 Å². The minimum absolute atomic E-state index is 0.102. The molecule has 0 aliphatic carbocycles. The van der Waals surface area contributed by atoms with Crippen LogP contribution in [0.25, 0.3) is 10.8 Å². The van der Waals surface area contributed by atoms with Gasteiger partial charge in [-0.3, -0.25) is 4.79 Å². The summed E-state index contributed by atoms with van der Waals surface area (Å²) in [5.74, 6) is -0.0226. The lowest BCUT2D eigenvalue weighted by Gasteiger charge is -2.06. The van der Waals surface area contributed by atoms with Crippen LogP contribution in [0.4, 0.5) is 0 Å². The van der Waals surface area contributed by atoms with E-state index in [-0.39, 0.29) is 17.4 Å². The van der Waals surface area contributed by atoms with Crippen molar-refractivity contribution in [3.63, 3.8) is 0 Å². The largest absolute Gasteiger partial charge is 0.506 e. The first-order valence-electron chi connectivity index (χ1n) is 7.64. The lowest BCUT2D eigenvalue weighted by atomic mass is 10.1. The zero-order valence-corrected chi connectivity index (χ0v) is 15.0. The molecule has 7 heteroatoms. The number of phenolic OH excluding ortho intramolecular Hbond substituents is 1. The molecule has 0 aliphatic heterocycles. The summed E-state index contributed by atoms with van der Waals surface area (Å²) in [5.41, 5.74) is 2.60. The number of ether oxygens (including phenoxy) is 1. The van der Waals surface area contributed by atoms with Gasteiger partial charge in [-0.1, -0.05) is 53.5 Å². The normalized spacial score (nSPS) is 11.0. The fourth-order valence-electron chi connectivity index (χ4n) is 2.30. The van der Waals surface area contributed by atoms with Gasteiger partial charge in [0.15, 0.2) is 6.61 Å². The van der Waals surface area contributed by atoms with E-state index in [0.717, 1.165) is 10.8 Å². The van der Waals surface area contributed by atoms with Gasteiger partial charge in [0.25, 0.3) is 5.91 Å². The molecule has 0 atom stereocenters. The Morgan fingerprint density at radius 3 is 2.69 bits per heavy atom. The van der Waals surface area contributed by atoms with Gasteiger partial charge in [-0.05, 0) is 35.0 Å². The monoisotopic (exact) mass is 388 g/mol. The predicted molar refractivity (Wildman–Crippen MR) is 103 cm³/mol. The second-order valence-corrected chi connectivity index (χ2v) is 6.26. The smallest absolute Gasteiger partial charge is 0.277 e. The number of rotatable bonds is 5. The summed E-state index contributed by atoms with van der Waals surface area (Å²) < 4.78 is 5.46. The van der Waals surface area contributed by atoms with E-state index in [4.69, 9.17) is 27.9 Å². The third kappa shape index (κ3) is 4.45. The SMILES string of the molecule is O=C(COc1ccc2ccccc2c1)N/N=C\c1cc(Cl)cc(Cl)c1O. The van der Waals surface area contributed by atoms with Gasteiger partial charge in [0.05, 0.1) is 11.2 Å². The highest BCUT2D eigenvalue weighted by atomic mass is 35.5. The van der Waals surface area contributed by atoms with Crippen molar-refractivity contribution in [2.75, 3.05) is 6.61 Å². The maximum atomic E-state index is 11.8. The number of carbonyl (C=O) groups is 1. The van der Waals surface area contributed by atoms with Crippen LogP contribution >= 0.6 is 23.2 Å². The average Bonchev–Trinajstić information content (AvgIpc) is 2.63. The Bertz CT molecular complexity index is 990. The number of halogens is 2. The summed E-state index contributed by atoms with van der Waals surface area (Å²) in [4.78, 5) is 11.8. The number of nitrogens with zero attached hydrogens (tertiary/aromatic N) is 1. The number of carbonyl (C=O) groups excluding carboxylic acids is 1. The van der Waals surface area contributed by atoms with Crippen LogP contribution < -0.4 is 10.2 Å². The Labute approximate surface area is 159 Å². The Kier molecular flexibility index (Phi) is 5.61. The number of hydrazone groups is 1. The molecule has 3 rings (SSSR count). The minimum atomic E-state index is -0.443. The Balaban J connectivity index is 1.57. The van der Waals surface area contributed by atoms with Crippen LogP contribution in [0, 0.1) is 0 Å². The van der Waals surface area contributed by atoms with Crippen LogP contribution in [0.3, 0.4) is 0 Å². The van der Waals surface area contributed by atoms with Crippen LogP contribution in [0.1, 0.15) is 5.56 Å². The number of fused-ring (bicyclic) bond motifs is 1. The standard InChI is InChI=1S/C19H14Cl2N2O3/c20-15-7-14(19(25)17(21)9-15)10-22-23-18(24)11-26-16-6-5-12-3-1-2-4-13(12)8-16/h1-10,25H,11H2,(H,23,24)/b22-10-. The molecule has 0 heterocycles. The molecule has 26 heavy (non-hydrogen) atoms. The van der Waals surface area contributed by atoms with Gasteiger partial charge in [-0.25, -0.2) is 5.43 Å². The van der Waals surface area contributed by atoms with Crippen molar-refractivity contribution in [2.45, 2.75) is 0 Å². The van der Waals surface area contributed by atoms with Crippen molar-refractivity contribution in [3.8, 4) is 11.5 Å². The molecule has 0 aromatic heterocycles. The molecule has 3 aromatic carbocycles. The maximum Gasteiger partial charge on any atom is 0.277 e. The van der Waals surface area contributed by atoms with Gasteiger partial charge < -0.3 is 9.84 Å². The Morgan fingerprint density at radius 2 is 1.88 bits per heavy atom. The average molecular weight is 389 g/mol. The molecule has 0 saturated carbocycles. The molecule has 0 radical (unpaired) electrons. The molecule has 2 N–H and O–H groups in total. The number of benzene rings is 3. The maximum absolute atomic E-state index is 11.8. The molecule has 0 fully saturated rings. The molecule has 5 nitrogen and oxygen atoms in total. The van der Waals surface area contributed by atoms with Crippen molar-refractivity contribution in [1.82, 2.24) is 5.43 Å². The number of aromatic hydroxyl groups is 1. The number of nitrogens with one attached hydrogen (secondary N) is 1. The summed E-state index contributed by atoms with van der Waals surface area (Å²) in [6.07, 6.45) is 1.25. The minimum Gasteiger partial charge on any atom is -0.506 e. The molecular formula is C19H14Cl2N2O3. The number of amides is 1. The van der Waals surface area contributed by atoms with Crippen molar-refractivity contribution in [2.24, 2.45) is 5.10 Å². The fourth-order valence-corrected chi connectivity index (χ4v) is 2.81. The van der Waals surface area contributed by atoms with Crippen molar-refractivity contribution in [1.29, 1.82) is 0 Å². The van der Waals surface area contributed by atoms with E-state index >= 15 is 0 Å². The first-order valence-corrected chi connectivity index (χ1v) is 8.40. The van der Waals surface area contributed by atoms with Crippen LogP contribution in [0.15, 0.2) is 59.7 Å². The second-order valence-electron chi connectivity index (χ2n) is 5.42. The predicted octanol–water partition coefficient (Wildman–Crippen LogP) is 4.38. The lowest BCUT2D eigenvalue weighted by molar-refractivity contribution is -0.123. The molecular weight excluding hydrogens is 375 g/mol. The molecule has 0 unspecified atom stereocenters. The summed E-state index contributed by atoms with van der Waals surface area (Å²) in [6, 6.07) is 16.3. The highest BCUT2D eigenvalue weighted by molar-refractivity contribution is 6.36. The number of hydrogen-bond donors (Lipinski definition) is 2. The number of hydrogen-bond acceptors (Lipinski definition) is 4. The zero-order chi connectivity index (χ0) is 18.5. The first kappa shape index (κ1) is 18.0. The van der Waals surface area contributed by atoms with Crippen molar-refractivity contribution < 1.29 is 14.6 Å². The van der Waals surface area contributed by atoms with Gasteiger partial charge in [-0.2, -0.15) is 5.10 Å². The highest BCUT2D eigenvalue weighted by Gasteiger charge is 2.06. The number of phenols is 1. The summed E-state index contributed by atoms with van der Waals surface area (Å²) in [7, 11) is 0. The molecule has 3 aromatic rings. The van der Waals surface area contributed by atoms with E-state index in [1.54, 1.807) is 6.07 Å². The van der Waals surface area contributed by atoms with Crippen LogP contribution in [0.5, 0.6) is 11.5 Å². The van der Waals surface area contributed by atoms with E-state index in [1.165, 1.54) is 18.3 Å². The van der Waals surface area contributed by atoms with Crippen LogP contribution in [-0.2, 0) is 4.79 Å². The van der Waals surface area contributed by atoms with Crippen molar-refractivity contribution >= 4 is 46.1 Å². The highest BCUT2D eigenvalue weighted by Crippen LogP contribution is 2.29. The van der Waals surface area contributed by atoms with Crippen LogP contribution in [0.2, 0.25) is 10.0 Å². The molecule has 0 aliphatic rings.